The molecule has 0 heterocycles. The summed E-state index contributed by atoms with van der Waals surface area (Å²) >= 11 is 0. The number of carbonyl (C=O) groups is 2. The molecule has 0 bridgehead atoms. The number of amides is 2. The third kappa shape index (κ3) is 4.16. The molecule has 0 radical (unpaired) electrons. The van der Waals surface area contributed by atoms with Crippen molar-refractivity contribution >= 4 is 11.8 Å². The lowest BCUT2D eigenvalue weighted by molar-refractivity contribution is -0.128. The van der Waals surface area contributed by atoms with Crippen LogP contribution >= 0.6 is 0 Å². The van der Waals surface area contributed by atoms with Crippen LogP contribution in [0.15, 0.2) is 24.3 Å². The van der Waals surface area contributed by atoms with Crippen molar-refractivity contribution in [2.75, 3.05) is 0 Å². The second kappa shape index (κ2) is 6.14. The van der Waals surface area contributed by atoms with Gasteiger partial charge in [-0.3, -0.25) is 9.59 Å². The third-order valence-electron chi connectivity index (χ3n) is 2.54. The van der Waals surface area contributed by atoms with Gasteiger partial charge in [-0.05, 0) is 31.5 Å². The number of hydrogen-bond donors (Lipinski definition) is 2. The van der Waals surface area contributed by atoms with E-state index in [0.717, 1.165) is 5.56 Å². The Morgan fingerprint density at radius 2 is 1.67 bits per heavy atom. The second-order valence-electron chi connectivity index (χ2n) is 4.20. The molecular weight excluding hydrogens is 235 g/mol. The van der Waals surface area contributed by atoms with Gasteiger partial charge in [0.15, 0.2) is 0 Å². The highest BCUT2D eigenvalue weighted by Crippen LogP contribution is 2.12. The topological polar surface area (TPSA) is 58.2 Å². The van der Waals surface area contributed by atoms with Crippen molar-refractivity contribution in [3.63, 3.8) is 0 Å². The van der Waals surface area contributed by atoms with Gasteiger partial charge in [0.05, 0.1) is 6.04 Å². The van der Waals surface area contributed by atoms with Crippen LogP contribution in [0.1, 0.15) is 32.4 Å². The number of hydrogen-bond acceptors (Lipinski definition) is 2. The predicted octanol–water partition coefficient (Wildman–Crippen LogP) is 1.53. The molecule has 0 spiro atoms. The van der Waals surface area contributed by atoms with Crippen molar-refractivity contribution in [1.82, 2.24) is 10.6 Å². The summed E-state index contributed by atoms with van der Waals surface area (Å²) in [4.78, 5) is 22.5. The summed E-state index contributed by atoms with van der Waals surface area (Å²) in [6, 6.07) is 5.08. The van der Waals surface area contributed by atoms with Crippen LogP contribution in [0, 0.1) is 5.82 Å². The minimum absolute atomic E-state index is 0.241. The van der Waals surface area contributed by atoms with Gasteiger partial charge in [-0.25, -0.2) is 4.39 Å². The molecule has 0 aliphatic heterocycles. The van der Waals surface area contributed by atoms with Gasteiger partial charge in [-0.15, -0.1) is 0 Å². The van der Waals surface area contributed by atoms with Crippen molar-refractivity contribution in [1.29, 1.82) is 0 Å². The first kappa shape index (κ1) is 14.2. The zero-order valence-corrected chi connectivity index (χ0v) is 10.7. The van der Waals surface area contributed by atoms with Gasteiger partial charge in [-0.1, -0.05) is 12.1 Å². The molecular formula is C13H17FN2O2. The lowest BCUT2D eigenvalue weighted by Crippen LogP contribution is -2.44. The summed E-state index contributed by atoms with van der Waals surface area (Å²) in [5.41, 5.74) is 0.805. The largest absolute Gasteiger partial charge is 0.348 e. The van der Waals surface area contributed by atoms with Crippen LogP contribution in [0.5, 0.6) is 0 Å². The van der Waals surface area contributed by atoms with Gasteiger partial charge in [-0.2, -0.15) is 0 Å². The fourth-order valence-corrected chi connectivity index (χ4v) is 1.54. The molecule has 0 aromatic heterocycles. The average molecular weight is 252 g/mol. The average Bonchev–Trinajstić information content (AvgIpc) is 2.28. The quantitative estimate of drug-likeness (QED) is 0.853. The molecule has 4 nitrogen and oxygen atoms in total. The monoisotopic (exact) mass is 252 g/mol. The molecule has 18 heavy (non-hydrogen) atoms. The van der Waals surface area contributed by atoms with E-state index in [1.165, 1.54) is 19.1 Å². The van der Waals surface area contributed by atoms with Crippen LogP contribution in [-0.4, -0.2) is 17.9 Å². The van der Waals surface area contributed by atoms with Crippen molar-refractivity contribution in [3.8, 4) is 0 Å². The molecule has 0 unspecified atom stereocenters. The minimum atomic E-state index is -0.592. The molecule has 1 rings (SSSR count). The fraction of sp³-hybridized carbons (Fsp3) is 0.385. The van der Waals surface area contributed by atoms with Crippen LogP contribution in [0.3, 0.4) is 0 Å². The number of rotatable bonds is 4. The molecule has 2 atom stereocenters. The van der Waals surface area contributed by atoms with E-state index < -0.39 is 6.04 Å². The Kier molecular flexibility index (Phi) is 4.83. The first-order valence-corrected chi connectivity index (χ1v) is 5.73. The van der Waals surface area contributed by atoms with Gasteiger partial charge >= 0.3 is 0 Å². The summed E-state index contributed by atoms with van der Waals surface area (Å²) in [6.07, 6.45) is 0. The molecule has 1 aromatic carbocycles. The van der Waals surface area contributed by atoms with E-state index in [1.807, 2.05) is 0 Å². The van der Waals surface area contributed by atoms with Gasteiger partial charge in [0.2, 0.25) is 11.8 Å². The van der Waals surface area contributed by atoms with Crippen LogP contribution in [0.4, 0.5) is 4.39 Å². The van der Waals surface area contributed by atoms with Gasteiger partial charge in [0.1, 0.15) is 11.9 Å². The van der Waals surface area contributed by atoms with Crippen molar-refractivity contribution in [2.45, 2.75) is 32.9 Å². The van der Waals surface area contributed by atoms with E-state index in [9.17, 15) is 14.0 Å². The standard InChI is InChI=1S/C13H17FN2O2/c1-8(11-4-6-12(14)7-5-11)16-13(18)9(2)15-10(3)17/h4-9H,1-3H3,(H,15,17)(H,16,18)/t8-,9-/m1/s1. The van der Waals surface area contributed by atoms with Crippen molar-refractivity contribution < 1.29 is 14.0 Å². The van der Waals surface area contributed by atoms with Crippen LogP contribution in [0.25, 0.3) is 0 Å². The zero-order valence-electron chi connectivity index (χ0n) is 10.7. The first-order valence-electron chi connectivity index (χ1n) is 5.73. The summed E-state index contributed by atoms with van der Waals surface area (Å²) in [7, 11) is 0. The number of carbonyl (C=O) groups excluding carboxylic acids is 2. The molecule has 98 valence electrons. The zero-order chi connectivity index (χ0) is 13.7. The van der Waals surface area contributed by atoms with E-state index in [0.29, 0.717) is 0 Å². The first-order chi connectivity index (χ1) is 8.40. The molecule has 0 aliphatic rings. The Bertz CT molecular complexity index is 431. The summed E-state index contributed by atoms with van der Waals surface area (Å²) < 4.78 is 12.7. The predicted molar refractivity (Wildman–Crippen MR) is 66.2 cm³/mol. The normalized spacial score (nSPS) is 13.6. The maximum absolute atomic E-state index is 12.7. The fourth-order valence-electron chi connectivity index (χ4n) is 1.54. The Hall–Kier alpha value is -1.91. The molecule has 0 saturated heterocycles. The summed E-state index contributed by atoms with van der Waals surface area (Å²) in [5, 5.41) is 5.24. The van der Waals surface area contributed by atoms with E-state index in [2.05, 4.69) is 10.6 Å². The van der Waals surface area contributed by atoms with Crippen molar-refractivity contribution in [2.24, 2.45) is 0 Å². The van der Waals surface area contributed by atoms with E-state index >= 15 is 0 Å². The van der Waals surface area contributed by atoms with E-state index in [1.54, 1.807) is 26.0 Å². The smallest absolute Gasteiger partial charge is 0.242 e. The van der Waals surface area contributed by atoms with Crippen LogP contribution in [-0.2, 0) is 9.59 Å². The maximum atomic E-state index is 12.7. The highest BCUT2D eigenvalue weighted by molar-refractivity contribution is 5.86. The van der Waals surface area contributed by atoms with Crippen LogP contribution < -0.4 is 10.6 Å². The Balaban J connectivity index is 2.59. The third-order valence-corrected chi connectivity index (χ3v) is 2.54. The van der Waals surface area contributed by atoms with E-state index in [-0.39, 0.29) is 23.7 Å². The minimum Gasteiger partial charge on any atom is -0.348 e. The lowest BCUT2D eigenvalue weighted by Gasteiger charge is -2.18. The lowest BCUT2D eigenvalue weighted by atomic mass is 10.1. The molecule has 0 fully saturated rings. The van der Waals surface area contributed by atoms with Gasteiger partial charge in [0.25, 0.3) is 0 Å². The number of nitrogens with one attached hydrogen (secondary N) is 2. The molecule has 1 aromatic rings. The van der Waals surface area contributed by atoms with Gasteiger partial charge in [0, 0.05) is 6.92 Å². The Morgan fingerprint density at radius 3 is 2.17 bits per heavy atom. The SMILES string of the molecule is CC(=O)N[C@H](C)C(=O)N[C@H](C)c1ccc(F)cc1. The number of halogens is 1. The van der Waals surface area contributed by atoms with E-state index in [4.69, 9.17) is 0 Å². The van der Waals surface area contributed by atoms with Crippen LogP contribution in [0.2, 0.25) is 0 Å². The molecule has 0 saturated carbocycles. The summed E-state index contributed by atoms with van der Waals surface area (Å²) in [5.74, 6) is -0.849. The summed E-state index contributed by atoms with van der Waals surface area (Å²) in [6.45, 7) is 4.76. The number of benzene rings is 1. The maximum Gasteiger partial charge on any atom is 0.242 e. The van der Waals surface area contributed by atoms with Gasteiger partial charge < -0.3 is 10.6 Å². The van der Waals surface area contributed by atoms with Crippen molar-refractivity contribution in [3.05, 3.63) is 35.6 Å². The highest BCUT2D eigenvalue weighted by Gasteiger charge is 2.16. The second-order valence-corrected chi connectivity index (χ2v) is 4.20. The molecule has 2 N–H and O–H groups in total. The molecule has 2 amide bonds. The Morgan fingerprint density at radius 1 is 1.11 bits per heavy atom. The molecule has 5 heteroatoms. The molecule has 0 aliphatic carbocycles. The highest BCUT2D eigenvalue weighted by atomic mass is 19.1. The Labute approximate surface area is 106 Å².